The standard InChI is InChI=1S/C19H20N2O3/c22-18(20-17-7-6-14-11-24-12-15(14)10-17)21-9-8-19(23,13-21)16-4-2-1-3-5-16/h1-7,10,23H,8-9,11-13H2,(H,20,22)/t19-/m1/s1. The average Bonchev–Trinajstić information content (AvgIpc) is 3.22. The van der Waals surface area contributed by atoms with Gasteiger partial charge in [0.15, 0.2) is 0 Å². The number of hydrogen-bond acceptors (Lipinski definition) is 3. The van der Waals surface area contributed by atoms with Crippen LogP contribution in [0.3, 0.4) is 0 Å². The normalized spacial score (nSPS) is 22.5. The number of likely N-dealkylation sites (tertiary alicyclic amines) is 1. The lowest BCUT2D eigenvalue weighted by Gasteiger charge is -2.24. The smallest absolute Gasteiger partial charge is 0.321 e. The summed E-state index contributed by atoms with van der Waals surface area (Å²) in [6.45, 7) is 2.07. The molecule has 2 aliphatic rings. The highest BCUT2D eigenvalue weighted by molar-refractivity contribution is 5.89. The van der Waals surface area contributed by atoms with Crippen molar-refractivity contribution in [1.29, 1.82) is 0 Å². The van der Waals surface area contributed by atoms with Crippen LogP contribution in [-0.4, -0.2) is 29.1 Å². The van der Waals surface area contributed by atoms with Crippen LogP contribution in [0.15, 0.2) is 48.5 Å². The summed E-state index contributed by atoms with van der Waals surface area (Å²) < 4.78 is 5.39. The second-order valence-electron chi connectivity index (χ2n) is 6.48. The number of ether oxygens (including phenoxy) is 1. The molecule has 2 aromatic carbocycles. The number of carbonyl (C=O) groups is 1. The fraction of sp³-hybridized carbons (Fsp3) is 0.316. The maximum atomic E-state index is 12.5. The first kappa shape index (κ1) is 15.2. The van der Waals surface area contributed by atoms with Crippen molar-refractivity contribution >= 4 is 11.7 Å². The van der Waals surface area contributed by atoms with E-state index in [4.69, 9.17) is 4.74 Å². The Morgan fingerprint density at radius 1 is 1.12 bits per heavy atom. The summed E-state index contributed by atoms with van der Waals surface area (Å²) in [7, 11) is 0. The van der Waals surface area contributed by atoms with Gasteiger partial charge in [0.05, 0.1) is 19.8 Å². The fourth-order valence-electron chi connectivity index (χ4n) is 3.40. The molecule has 2 aromatic rings. The topological polar surface area (TPSA) is 61.8 Å². The maximum absolute atomic E-state index is 12.5. The van der Waals surface area contributed by atoms with E-state index in [0.29, 0.717) is 32.7 Å². The molecule has 0 saturated carbocycles. The Morgan fingerprint density at radius 3 is 2.75 bits per heavy atom. The zero-order valence-electron chi connectivity index (χ0n) is 13.4. The van der Waals surface area contributed by atoms with Gasteiger partial charge in [0.1, 0.15) is 5.60 Å². The van der Waals surface area contributed by atoms with Crippen LogP contribution in [0.4, 0.5) is 10.5 Å². The number of nitrogens with zero attached hydrogens (tertiary/aromatic N) is 1. The van der Waals surface area contributed by atoms with Gasteiger partial charge >= 0.3 is 6.03 Å². The number of amides is 2. The molecule has 1 fully saturated rings. The molecule has 2 amide bonds. The molecule has 24 heavy (non-hydrogen) atoms. The molecule has 124 valence electrons. The molecule has 0 radical (unpaired) electrons. The molecule has 1 saturated heterocycles. The number of aliphatic hydroxyl groups is 1. The zero-order valence-corrected chi connectivity index (χ0v) is 13.4. The minimum atomic E-state index is -0.968. The van der Waals surface area contributed by atoms with Crippen LogP contribution in [0.1, 0.15) is 23.1 Å². The molecule has 0 aromatic heterocycles. The van der Waals surface area contributed by atoms with Crippen molar-refractivity contribution in [2.24, 2.45) is 0 Å². The van der Waals surface area contributed by atoms with Gasteiger partial charge in [-0.05, 0) is 35.2 Å². The minimum Gasteiger partial charge on any atom is -0.383 e. The van der Waals surface area contributed by atoms with E-state index in [0.717, 1.165) is 16.8 Å². The number of urea groups is 1. The van der Waals surface area contributed by atoms with Crippen molar-refractivity contribution in [2.45, 2.75) is 25.2 Å². The predicted octanol–water partition coefficient (Wildman–Crippen LogP) is 2.84. The van der Waals surface area contributed by atoms with Crippen molar-refractivity contribution in [1.82, 2.24) is 4.90 Å². The van der Waals surface area contributed by atoms with Gasteiger partial charge < -0.3 is 20.1 Å². The van der Waals surface area contributed by atoms with Crippen LogP contribution in [0, 0.1) is 0 Å². The summed E-state index contributed by atoms with van der Waals surface area (Å²) in [6, 6.07) is 15.2. The fourth-order valence-corrected chi connectivity index (χ4v) is 3.40. The van der Waals surface area contributed by atoms with E-state index in [1.165, 1.54) is 5.56 Å². The monoisotopic (exact) mass is 324 g/mol. The molecule has 4 rings (SSSR count). The molecule has 5 nitrogen and oxygen atoms in total. The van der Waals surface area contributed by atoms with E-state index in [9.17, 15) is 9.90 Å². The van der Waals surface area contributed by atoms with Gasteiger partial charge in [-0.15, -0.1) is 0 Å². The first-order valence-electron chi connectivity index (χ1n) is 8.17. The molecular formula is C19H20N2O3. The Hall–Kier alpha value is -2.37. The third-order valence-corrected chi connectivity index (χ3v) is 4.82. The summed E-state index contributed by atoms with van der Waals surface area (Å²) in [5.41, 5.74) is 2.95. The van der Waals surface area contributed by atoms with Crippen LogP contribution >= 0.6 is 0 Å². The Kier molecular flexibility index (Phi) is 3.75. The molecule has 2 heterocycles. The van der Waals surface area contributed by atoms with Gasteiger partial charge in [-0.3, -0.25) is 0 Å². The van der Waals surface area contributed by atoms with Crippen LogP contribution in [0.2, 0.25) is 0 Å². The van der Waals surface area contributed by atoms with E-state index < -0.39 is 5.60 Å². The highest BCUT2D eigenvalue weighted by Gasteiger charge is 2.39. The quantitative estimate of drug-likeness (QED) is 0.893. The first-order valence-corrected chi connectivity index (χ1v) is 8.17. The Bertz CT molecular complexity index is 762. The van der Waals surface area contributed by atoms with Gasteiger partial charge in [-0.25, -0.2) is 4.79 Å². The highest BCUT2D eigenvalue weighted by atomic mass is 16.5. The summed E-state index contributed by atoms with van der Waals surface area (Å²) in [5, 5.41) is 13.8. The van der Waals surface area contributed by atoms with Gasteiger partial charge in [-0.2, -0.15) is 0 Å². The molecule has 0 bridgehead atoms. The average molecular weight is 324 g/mol. The number of benzene rings is 2. The summed E-state index contributed by atoms with van der Waals surface area (Å²) in [4.78, 5) is 14.2. The van der Waals surface area contributed by atoms with Crippen LogP contribution in [0.25, 0.3) is 0 Å². The second kappa shape index (κ2) is 5.92. The number of nitrogens with one attached hydrogen (secondary N) is 1. The number of β-amino-alcohol motifs (C(OH)–C–C–N with tert-alkyl or cyclic N) is 1. The summed E-state index contributed by atoms with van der Waals surface area (Å²) in [5.74, 6) is 0. The largest absolute Gasteiger partial charge is 0.383 e. The summed E-state index contributed by atoms with van der Waals surface area (Å²) >= 11 is 0. The SMILES string of the molecule is O=C(Nc1ccc2c(c1)COC2)N1CC[C@](O)(c2ccccc2)C1. The van der Waals surface area contributed by atoms with Crippen molar-refractivity contribution in [3.63, 3.8) is 0 Å². The van der Waals surface area contributed by atoms with Crippen molar-refractivity contribution in [3.8, 4) is 0 Å². The third-order valence-electron chi connectivity index (χ3n) is 4.82. The van der Waals surface area contributed by atoms with Crippen LogP contribution in [0.5, 0.6) is 0 Å². The first-order chi connectivity index (χ1) is 11.6. The van der Waals surface area contributed by atoms with Crippen molar-refractivity contribution < 1.29 is 14.6 Å². The molecule has 0 spiro atoms. The van der Waals surface area contributed by atoms with E-state index >= 15 is 0 Å². The number of anilines is 1. The molecule has 0 aliphatic carbocycles. The highest BCUT2D eigenvalue weighted by Crippen LogP contribution is 2.32. The Morgan fingerprint density at radius 2 is 1.92 bits per heavy atom. The molecular weight excluding hydrogens is 304 g/mol. The Labute approximate surface area is 140 Å². The Balaban J connectivity index is 1.44. The van der Waals surface area contributed by atoms with Crippen LogP contribution < -0.4 is 5.32 Å². The zero-order chi connectivity index (χ0) is 16.6. The minimum absolute atomic E-state index is 0.180. The molecule has 2 N–H and O–H groups in total. The number of fused-ring (bicyclic) bond motifs is 1. The number of carbonyl (C=O) groups excluding carboxylic acids is 1. The third kappa shape index (κ3) is 2.77. The van der Waals surface area contributed by atoms with Gasteiger partial charge in [0.2, 0.25) is 0 Å². The van der Waals surface area contributed by atoms with E-state index in [1.807, 2.05) is 48.5 Å². The molecule has 1 atom stereocenters. The number of hydrogen-bond donors (Lipinski definition) is 2. The summed E-state index contributed by atoms with van der Waals surface area (Å²) in [6.07, 6.45) is 0.544. The van der Waals surface area contributed by atoms with Gasteiger partial charge in [0, 0.05) is 12.2 Å². The second-order valence-corrected chi connectivity index (χ2v) is 6.48. The molecule has 0 unspecified atom stereocenters. The maximum Gasteiger partial charge on any atom is 0.321 e. The van der Waals surface area contributed by atoms with Crippen LogP contribution in [-0.2, 0) is 23.6 Å². The molecule has 5 heteroatoms. The number of rotatable bonds is 2. The lowest BCUT2D eigenvalue weighted by atomic mass is 9.93. The van der Waals surface area contributed by atoms with E-state index in [2.05, 4.69) is 5.32 Å². The molecule has 2 aliphatic heterocycles. The van der Waals surface area contributed by atoms with E-state index in [1.54, 1.807) is 4.90 Å². The van der Waals surface area contributed by atoms with Gasteiger partial charge in [0.25, 0.3) is 0 Å². The van der Waals surface area contributed by atoms with Crippen molar-refractivity contribution in [3.05, 3.63) is 65.2 Å². The van der Waals surface area contributed by atoms with Gasteiger partial charge in [-0.1, -0.05) is 36.4 Å². The predicted molar refractivity (Wildman–Crippen MR) is 90.5 cm³/mol. The van der Waals surface area contributed by atoms with E-state index in [-0.39, 0.29) is 6.03 Å². The van der Waals surface area contributed by atoms with Crippen molar-refractivity contribution in [2.75, 3.05) is 18.4 Å². The lowest BCUT2D eigenvalue weighted by molar-refractivity contribution is 0.0501. The lowest BCUT2D eigenvalue weighted by Crippen LogP contribution is -2.37.